The van der Waals surface area contributed by atoms with Gasteiger partial charge in [-0.2, -0.15) is 0 Å². The van der Waals surface area contributed by atoms with Gasteiger partial charge in [0.1, 0.15) is 5.57 Å². The van der Waals surface area contributed by atoms with Crippen LogP contribution in [0.25, 0.3) is 34.3 Å². The third-order valence-corrected chi connectivity index (χ3v) is 7.16. The summed E-state index contributed by atoms with van der Waals surface area (Å²) in [5.74, 6) is -1.55. The number of hydrogen-bond acceptors (Lipinski definition) is 5. The molecule has 1 aliphatic rings. The summed E-state index contributed by atoms with van der Waals surface area (Å²) in [6.07, 6.45) is 1.49. The lowest BCUT2D eigenvalue weighted by molar-refractivity contribution is -0.384. The molecule has 0 saturated carbocycles. The molecule has 0 atom stereocenters. The van der Waals surface area contributed by atoms with Crippen LogP contribution in [0.15, 0.2) is 121 Å². The van der Waals surface area contributed by atoms with E-state index in [1.807, 2.05) is 78.2 Å². The molecule has 6 rings (SSSR count). The Labute approximate surface area is 246 Å². The first-order valence-electron chi connectivity index (χ1n) is 13.4. The van der Waals surface area contributed by atoms with E-state index in [1.54, 1.807) is 36.4 Å². The molecule has 0 aliphatic carbocycles. The van der Waals surface area contributed by atoms with Crippen LogP contribution in [0, 0.1) is 17.0 Å². The molecule has 1 aliphatic heterocycles. The Balaban J connectivity index is 1.59. The number of anilines is 1. The fraction of sp³-hybridized carbons (Fsp3) is 0.0294. The molecule has 0 spiro atoms. The molecule has 5 aromatic rings. The lowest BCUT2D eigenvalue weighted by Crippen LogP contribution is -2.54. The van der Waals surface area contributed by atoms with Gasteiger partial charge in [-0.15, -0.1) is 0 Å². The predicted octanol–water partition coefficient (Wildman–Crippen LogP) is 6.69. The summed E-state index contributed by atoms with van der Waals surface area (Å²) >= 11 is 0. The summed E-state index contributed by atoms with van der Waals surface area (Å²) in [4.78, 5) is 51.5. The molecule has 1 aromatic heterocycles. The van der Waals surface area contributed by atoms with E-state index in [0.717, 1.165) is 27.3 Å². The Hall–Kier alpha value is -6.09. The van der Waals surface area contributed by atoms with Crippen molar-refractivity contribution < 1.29 is 19.3 Å². The second-order valence-corrected chi connectivity index (χ2v) is 9.97. The number of aryl methyl sites for hydroxylation is 1. The van der Waals surface area contributed by atoms with Crippen molar-refractivity contribution in [2.75, 3.05) is 4.90 Å². The zero-order valence-electron chi connectivity index (χ0n) is 22.9. The molecule has 43 heavy (non-hydrogen) atoms. The number of nitro groups is 1. The van der Waals surface area contributed by atoms with E-state index in [2.05, 4.69) is 5.32 Å². The lowest BCUT2D eigenvalue weighted by Gasteiger charge is -2.26. The molecule has 1 saturated heterocycles. The molecule has 0 radical (unpaired) electrons. The number of carbonyl (C=O) groups is 3. The number of urea groups is 1. The summed E-state index contributed by atoms with van der Waals surface area (Å²) in [7, 11) is 0. The molecule has 4 amide bonds. The lowest BCUT2D eigenvalue weighted by atomic mass is 10.0. The van der Waals surface area contributed by atoms with Crippen LogP contribution in [0.4, 0.5) is 16.2 Å². The Morgan fingerprint density at radius 3 is 1.93 bits per heavy atom. The zero-order valence-corrected chi connectivity index (χ0v) is 22.9. The average Bonchev–Trinajstić information content (AvgIpc) is 3.40. The van der Waals surface area contributed by atoms with Gasteiger partial charge in [0.2, 0.25) is 0 Å². The number of aromatic nitrogens is 1. The molecule has 1 N–H and O–H groups in total. The Morgan fingerprint density at radius 2 is 1.33 bits per heavy atom. The maximum atomic E-state index is 13.7. The van der Waals surface area contributed by atoms with Crippen LogP contribution in [0.1, 0.15) is 11.1 Å². The highest BCUT2D eigenvalue weighted by atomic mass is 16.6. The second kappa shape index (κ2) is 11.1. The Morgan fingerprint density at radius 1 is 0.744 bits per heavy atom. The highest BCUT2D eigenvalue weighted by molar-refractivity contribution is 6.39. The van der Waals surface area contributed by atoms with Gasteiger partial charge < -0.3 is 4.57 Å². The number of nitrogens with one attached hydrogen (secondary N) is 1. The van der Waals surface area contributed by atoms with Gasteiger partial charge in [0.25, 0.3) is 17.5 Å². The van der Waals surface area contributed by atoms with Crippen LogP contribution in [0.3, 0.4) is 0 Å². The molecule has 2 heterocycles. The minimum Gasteiger partial charge on any atom is -0.309 e. The van der Waals surface area contributed by atoms with Crippen LogP contribution in [-0.2, 0) is 9.59 Å². The fourth-order valence-electron chi connectivity index (χ4n) is 5.09. The normalized spacial score (nSPS) is 14.2. The first kappa shape index (κ1) is 27.1. The van der Waals surface area contributed by atoms with Crippen molar-refractivity contribution >= 4 is 35.3 Å². The summed E-state index contributed by atoms with van der Waals surface area (Å²) in [6.45, 7) is 1.89. The monoisotopic (exact) mass is 568 g/mol. The minimum absolute atomic E-state index is 0.0499. The van der Waals surface area contributed by atoms with E-state index in [4.69, 9.17) is 0 Å². The van der Waals surface area contributed by atoms with Gasteiger partial charge >= 0.3 is 6.03 Å². The van der Waals surface area contributed by atoms with Gasteiger partial charge in [-0.25, -0.2) is 9.69 Å². The quantitative estimate of drug-likeness (QED) is 0.106. The number of non-ortho nitro benzene ring substituents is 1. The molecule has 1 fully saturated rings. The van der Waals surface area contributed by atoms with Gasteiger partial charge in [0, 0.05) is 23.4 Å². The van der Waals surface area contributed by atoms with Gasteiger partial charge in [-0.1, -0.05) is 78.4 Å². The SMILES string of the molecule is Cc1ccc(N2C(=O)NC(=O)C(=Cc3cc(-c4ccccc4)n(-c4ccc([N+](=O)[O-])cc4)c3-c3ccccc3)C2=O)cc1. The Bertz CT molecular complexity index is 1910. The summed E-state index contributed by atoms with van der Waals surface area (Å²) < 4.78 is 1.94. The van der Waals surface area contributed by atoms with Crippen molar-refractivity contribution in [2.24, 2.45) is 0 Å². The zero-order chi connectivity index (χ0) is 30.1. The first-order valence-corrected chi connectivity index (χ1v) is 13.4. The number of rotatable bonds is 6. The predicted molar refractivity (Wildman–Crippen MR) is 163 cm³/mol. The maximum Gasteiger partial charge on any atom is 0.335 e. The van der Waals surface area contributed by atoms with Crippen LogP contribution >= 0.6 is 0 Å². The number of nitrogens with zero attached hydrogens (tertiary/aromatic N) is 3. The van der Waals surface area contributed by atoms with E-state index < -0.39 is 22.8 Å². The molecule has 4 aromatic carbocycles. The topological polar surface area (TPSA) is 115 Å². The molecular formula is C34H24N4O5. The van der Waals surface area contributed by atoms with Crippen molar-refractivity contribution in [3.8, 4) is 28.2 Å². The van der Waals surface area contributed by atoms with Gasteiger partial charge in [-0.05, 0) is 54.5 Å². The molecule has 210 valence electrons. The van der Waals surface area contributed by atoms with E-state index >= 15 is 0 Å². The average molecular weight is 569 g/mol. The van der Waals surface area contributed by atoms with E-state index in [0.29, 0.717) is 22.6 Å². The van der Waals surface area contributed by atoms with Crippen molar-refractivity contribution in [1.82, 2.24) is 9.88 Å². The smallest absolute Gasteiger partial charge is 0.309 e. The van der Waals surface area contributed by atoms with Crippen LogP contribution in [0.5, 0.6) is 0 Å². The standard InChI is InChI=1S/C34H24N4O5/c1-22-12-14-27(15-13-22)37-33(40)29(32(39)35-34(37)41)20-25-21-30(23-8-4-2-5-9-23)36(31(25)24-10-6-3-7-11-24)26-16-18-28(19-17-26)38(42)43/h2-21H,1H3,(H,35,39,41). The molecule has 9 nitrogen and oxygen atoms in total. The van der Waals surface area contributed by atoms with Crippen molar-refractivity contribution in [3.05, 3.63) is 142 Å². The second-order valence-electron chi connectivity index (χ2n) is 9.97. The van der Waals surface area contributed by atoms with Crippen LogP contribution in [0.2, 0.25) is 0 Å². The minimum atomic E-state index is -0.826. The molecule has 0 bridgehead atoms. The van der Waals surface area contributed by atoms with Crippen LogP contribution < -0.4 is 10.2 Å². The van der Waals surface area contributed by atoms with Crippen LogP contribution in [-0.4, -0.2) is 27.3 Å². The van der Waals surface area contributed by atoms with E-state index in [1.165, 1.54) is 18.2 Å². The van der Waals surface area contributed by atoms with E-state index in [9.17, 15) is 24.5 Å². The largest absolute Gasteiger partial charge is 0.335 e. The number of barbiturate groups is 1. The molecular weight excluding hydrogens is 544 g/mol. The maximum absolute atomic E-state index is 13.7. The van der Waals surface area contributed by atoms with Crippen molar-refractivity contribution in [2.45, 2.75) is 6.92 Å². The Kier molecular flexibility index (Phi) is 6.97. The van der Waals surface area contributed by atoms with E-state index in [-0.39, 0.29) is 11.3 Å². The van der Waals surface area contributed by atoms with Gasteiger partial charge in [-0.3, -0.25) is 25.0 Å². The summed E-state index contributed by atoms with van der Waals surface area (Å²) in [6, 6.07) is 33.0. The van der Waals surface area contributed by atoms with Crippen molar-refractivity contribution in [1.29, 1.82) is 0 Å². The number of amides is 4. The fourth-order valence-corrected chi connectivity index (χ4v) is 5.09. The van der Waals surface area contributed by atoms with Gasteiger partial charge in [0.15, 0.2) is 0 Å². The summed E-state index contributed by atoms with van der Waals surface area (Å²) in [5.41, 5.74) is 5.23. The third-order valence-electron chi connectivity index (χ3n) is 7.16. The number of carbonyl (C=O) groups excluding carboxylic acids is 3. The number of nitro benzene ring substituents is 1. The molecule has 0 unspecified atom stereocenters. The highest BCUT2D eigenvalue weighted by Gasteiger charge is 2.37. The molecule has 9 heteroatoms. The number of benzene rings is 4. The third kappa shape index (κ3) is 5.11. The first-order chi connectivity index (χ1) is 20.8. The number of hydrogen-bond donors (Lipinski definition) is 1. The number of imide groups is 2. The summed E-state index contributed by atoms with van der Waals surface area (Å²) in [5, 5.41) is 13.7. The highest BCUT2D eigenvalue weighted by Crippen LogP contribution is 2.38. The van der Waals surface area contributed by atoms with Crippen molar-refractivity contribution in [3.63, 3.8) is 0 Å². The van der Waals surface area contributed by atoms with Gasteiger partial charge in [0.05, 0.1) is 22.0 Å².